The molecular formula is C16H14O3S. The Hall–Kier alpha value is -1.91. The van der Waals surface area contributed by atoms with Crippen LogP contribution in [0.25, 0.3) is 10.4 Å². The first-order valence-corrected chi connectivity index (χ1v) is 7.14. The second kappa shape index (κ2) is 4.58. The lowest BCUT2D eigenvalue weighted by Gasteiger charge is -2.23. The smallest absolute Gasteiger partial charge is 0.337 e. The lowest BCUT2D eigenvalue weighted by molar-refractivity contribution is 0.0599. The van der Waals surface area contributed by atoms with E-state index in [4.69, 9.17) is 4.74 Å². The molecule has 0 saturated heterocycles. The molecular weight excluding hydrogens is 272 g/mol. The van der Waals surface area contributed by atoms with Crippen molar-refractivity contribution >= 4 is 17.3 Å². The van der Waals surface area contributed by atoms with Gasteiger partial charge in [0.1, 0.15) is 5.60 Å². The fraction of sp³-hybridized carbons (Fsp3) is 0.188. The number of methoxy groups -OCH3 is 1. The third-order valence-corrected chi connectivity index (χ3v) is 4.63. The monoisotopic (exact) mass is 286 g/mol. The maximum atomic E-state index is 11.7. The van der Waals surface area contributed by atoms with Gasteiger partial charge in [-0.15, -0.1) is 17.9 Å². The van der Waals surface area contributed by atoms with Gasteiger partial charge >= 0.3 is 5.97 Å². The van der Waals surface area contributed by atoms with Crippen molar-refractivity contribution in [3.63, 3.8) is 0 Å². The third kappa shape index (κ3) is 1.65. The SMILES string of the molecule is C=CCC1(O)c2cc(C(=O)OC)ccc2-c2sccc21. The standard InChI is InChI=1S/C16H14O3S/c1-3-7-16(18)12-6-8-20-14(12)11-5-4-10(9-13(11)16)15(17)19-2/h3-6,8-9,18H,1,7H2,2H3. The molecule has 2 aromatic rings. The van der Waals surface area contributed by atoms with Gasteiger partial charge in [0.05, 0.1) is 12.7 Å². The molecule has 1 atom stereocenters. The van der Waals surface area contributed by atoms with Crippen LogP contribution in [0.3, 0.4) is 0 Å². The van der Waals surface area contributed by atoms with Gasteiger partial charge in [0.15, 0.2) is 0 Å². The normalized spacial score (nSPS) is 19.3. The average Bonchev–Trinajstić information content (AvgIpc) is 3.02. The Kier molecular flexibility index (Phi) is 3.00. The molecule has 1 aromatic heterocycles. The number of thiophene rings is 1. The van der Waals surface area contributed by atoms with Gasteiger partial charge in [0.25, 0.3) is 0 Å². The Bertz CT molecular complexity index is 701. The molecule has 0 bridgehead atoms. The molecule has 102 valence electrons. The Morgan fingerprint density at radius 3 is 2.95 bits per heavy atom. The van der Waals surface area contributed by atoms with Crippen LogP contribution in [0.1, 0.15) is 27.9 Å². The number of aliphatic hydroxyl groups is 1. The summed E-state index contributed by atoms with van der Waals surface area (Å²) >= 11 is 1.59. The molecule has 1 aliphatic rings. The molecule has 1 heterocycles. The molecule has 4 heteroatoms. The summed E-state index contributed by atoms with van der Waals surface area (Å²) in [5.41, 5.74) is 1.97. The van der Waals surface area contributed by atoms with Crippen LogP contribution in [-0.4, -0.2) is 18.2 Å². The van der Waals surface area contributed by atoms with Crippen molar-refractivity contribution in [1.82, 2.24) is 0 Å². The maximum Gasteiger partial charge on any atom is 0.337 e. The van der Waals surface area contributed by atoms with Crippen molar-refractivity contribution in [2.75, 3.05) is 7.11 Å². The Labute approximate surface area is 121 Å². The Morgan fingerprint density at radius 1 is 1.45 bits per heavy atom. The molecule has 1 aliphatic carbocycles. The lowest BCUT2D eigenvalue weighted by Crippen LogP contribution is -2.23. The zero-order chi connectivity index (χ0) is 14.3. The number of rotatable bonds is 3. The Balaban J connectivity index is 2.22. The van der Waals surface area contributed by atoms with Crippen molar-refractivity contribution in [2.45, 2.75) is 12.0 Å². The van der Waals surface area contributed by atoms with E-state index >= 15 is 0 Å². The molecule has 0 amide bonds. The van der Waals surface area contributed by atoms with Gasteiger partial charge in [0.2, 0.25) is 0 Å². The molecule has 1 unspecified atom stereocenters. The topological polar surface area (TPSA) is 46.5 Å². The first-order valence-electron chi connectivity index (χ1n) is 6.26. The van der Waals surface area contributed by atoms with Crippen LogP contribution < -0.4 is 0 Å². The highest BCUT2D eigenvalue weighted by molar-refractivity contribution is 7.13. The van der Waals surface area contributed by atoms with E-state index in [1.54, 1.807) is 29.5 Å². The van der Waals surface area contributed by atoms with E-state index in [0.717, 1.165) is 21.6 Å². The fourth-order valence-corrected chi connectivity index (χ4v) is 3.76. The number of fused-ring (bicyclic) bond motifs is 3. The summed E-state index contributed by atoms with van der Waals surface area (Å²) in [7, 11) is 1.35. The number of hydrogen-bond donors (Lipinski definition) is 1. The minimum atomic E-state index is -1.10. The molecule has 3 nitrogen and oxygen atoms in total. The summed E-state index contributed by atoms with van der Waals surface area (Å²) in [5, 5.41) is 13.0. The van der Waals surface area contributed by atoms with Gasteiger partial charge in [0, 0.05) is 16.9 Å². The molecule has 1 N–H and O–H groups in total. The minimum absolute atomic E-state index is 0.399. The quantitative estimate of drug-likeness (QED) is 0.695. The first kappa shape index (κ1) is 13.1. The second-order valence-electron chi connectivity index (χ2n) is 4.77. The van der Waals surface area contributed by atoms with Crippen molar-refractivity contribution < 1.29 is 14.6 Å². The number of carbonyl (C=O) groups is 1. The van der Waals surface area contributed by atoms with Crippen LogP contribution in [-0.2, 0) is 10.3 Å². The zero-order valence-electron chi connectivity index (χ0n) is 11.1. The molecule has 0 aliphatic heterocycles. The van der Waals surface area contributed by atoms with E-state index in [9.17, 15) is 9.90 Å². The number of hydrogen-bond acceptors (Lipinski definition) is 4. The summed E-state index contributed by atoms with van der Waals surface area (Å²) in [6, 6.07) is 7.25. The predicted octanol–water partition coefficient (Wildman–Crippen LogP) is 3.33. The predicted molar refractivity (Wildman–Crippen MR) is 78.9 cm³/mol. The van der Waals surface area contributed by atoms with Gasteiger partial charge in [-0.3, -0.25) is 0 Å². The average molecular weight is 286 g/mol. The van der Waals surface area contributed by atoms with Crippen molar-refractivity contribution in [3.8, 4) is 10.4 Å². The highest BCUT2D eigenvalue weighted by Gasteiger charge is 2.41. The van der Waals surface area contributed by atoms with Gasteiger partial charge in [-0.05, 0) is 34.7 Å². The van der Waals surface area contributed by atoms with Crippen molar-refractivity contribution in [1.29, 1.82) is 0 Å². The van der Waals surface area contributed by atoms with Crippen LogP contribution in [0.4, 0.5) is 0 Å². The molecule has 1 aromatic carbocycles. The van der Waals surface area contributed by atoms with Gasteiger partial charge in [-0.2, -0.15) is 0 Å². The summed E-state index contributed by atoms with van der Waals surface area (Å²) in [6.07, 6.45) is 2.11. The number of benzene rings is 1. The van der Waals surface area contributed by atoms with Crippen LogP contribution in [0.5, 0.6) is 0 Å². The molecule has 20 heavy (non-hydrogen) atoms. The highest BCUT2D eigenvalue weighted by atomic mass is 32.1. The van der Waals surface area contributed by atoms with Crippen LogP contribution in [0.2, 0.25) is 0 Å². The van der Waals surface area contributed by atoms with Crippen LogP contribution in [0.15, 0.2) is 42.3 Å². The summed E-state index contributed by atoms with van der Waals surface area (Å²) in [5.74, 6) is -0.399. The minimum Gasteiger partial charge on any atom is -0.465 e. The van der Waals surface area contributed by atoms with E-state index in [1.165, 1.54) is 7.11 Å². The van der Waals surface area contributed by atoms with E-state index in [-0.39, 0.29) is 0 Å². The summed E-state index contributed by atoms with van der Waals surface area (Å²) in [6.45, 7) is 3.73. The highest BCUT2D eigenvalue weighted by Crippen LogP contribution is 2.51. The summed E-state index contributed by atoms with van der Waals surface area (Å²) < 4.78 is 4.74. The van der Waals surface area contributed by atoms with Crippen LogP contribution >= 0.6 is 11.3 Å². The lowest BCUT2D eigenvalue weighted by atomic mass is 9.88. The third-order valence-electron chi connectivity index (χ3n) is 3.68. The molecule has 0 spiro atoms. The number of carbonyl (C=O) groups excluding carboxylic acids is 1. The van der Waals surface area contributed by atoms with E-state index in [1.807, 2.05) is 17.5 Å². The van der Waals surface area contributed by atoms with Gasteiger partial charge in [-0.1, -0.05) is 12.1 Å². The van der Waals surface area contributed by atoms with Crippen molar-refractivity contribution in [2.24, 2.45) is 0 Å². The molecule has 0 fully saturated rings. The van der Waals surface area contributed by atoms with Gasteiger partial charge < -0.3 is 9.84 Å². The largest absolute Gasteiger partial charge is 0.465 e. The van der Waals surface area contributed by atoms with Gasteiger partial charge in [-0.25, -0.2) is 4.79 Å². The maximum absolute atomic E-state index is 11.7. The molecule has 0 radical (unpaired) electrons. The number of ether oxygens (including phenoxy) is 1. The van der Waals surface area contributed by atoms with E-state index in [2.05, 4.69) is 6.58 Å². The first-order chi connectivity index (χ1) is 9.61. The van der Waals surface area contributed by atoms with E-state index in [0.29, 0.717) is 12.0 Å². The number of esters is 1. The fourth-order valence-electron chi connectivity index (χ4n) is 2.75. The van der Waals surface area contributed by atoms with Crippen LogP contribution in [0, 0.1) is 0 Å². The molecule has 0 saturated carbocycles. The summed E-state index contributed by atoms with van der Waals surface area (Å²) in [4.78, 5) is 12.7. The Morgan fingerprint density at radius 2 is 2.25 bits per heavy atom. The second-order valence-corrected chi connectivity index (χ2v) is 5.68. The molecule has 3 rings (SSSR count). The van der Waals surface area contributed by atoms with E-state index < -0.39 is 11.6 Å². The zero-order valence-corrected chi connectivity index (χ0v) is 11.9. The van der Waals surface area contributed by atoms with Crippen molar-refractivity contribution in [3.05, 3.63) is 59.0 Å².